The lowest BCUT2D eigenvalue weighted by Crippen LogP contribution is -2.42. The van der Waals surface area contributed by atoms with Gasteiger partial charge in [-0.05, 0) is 43.9 Å². The van der Waals surface area contributed by atoms with Gasteiger partial charge in [0.15, 0.2) is 0 Å². The van der Waals surface area contributed by atoms with Gasteiger partial charge in [0.1, 0.15) is 17.8 Å². The Hall–Kier alpha value is -2.21. The molecule has 0 aliphatic heterocycles. The molecular formula is C17H24N2O4. The van der Waals surface area contributed by atoms with E-state index in [1.807, 2.05) is 0 Å². The van der Waals surface area contributed by atoms with Crippen molar-refractivity contribution in [2.45, 2.75) is 38.6 Å². The first-order valence-corrected chi connectivity index (χ1v) is 7.71. The van der Waals surface area contributed by atoms with Gasteiger partial charge < -0.3 is 21.0 Å². The molecule has 2 atom stereocenters. The Morgan fingerprint density at radius 2 is 1.91 bits per heavy atom. The molecule has 0 aliphatic carbocycles. The van der Waals surface area contributed by atoms with Crippen LogP contribution in [0.25, 0.3) is 0 Å². The number of nitrogens with one attached hydrogen (secondary N) is 1. The molecule has 0 heterocycles. The molecule has 0 radical (unpaired) electrons. The van der Waals surface area contributed by atoms with Gasteiger partial charge in [-0.3, -0.25) is 9.59 Å². The highest BCUT2D eigenvalue weighted by molar-refractivity contribution is 5.91. The number of benzene rings is 1. The Balaban J connectivity index is 2.24. The predicted octanol–water partition coefficient (Wildman–Crippen LogP) is 0.953. The molecule has 0 saturated heterocycles. The quantitative estimate of drug-likeness (QED) is 0.338. The molecule has 0 bridgehead atoms. The van der Waals surface area contributed by atoms with Crippen molar-refractivity contribution in [1.82, 2.24) is 5.32 Å². The summed E-state index contributed by atoms with van der Waals surface area (Å²) in [4.78, 5) is 33.7. The maximum atomic E-state index is 11.9. The average molecular weight is 320 g/mol. The molecule has 1 aromatic carbocycles. The smallest absolute Gasteiger partial charge is 0.237 e. The largest absolute Gasteiger partial charge is 0.508 e. The van der Waals surface area contributed by atoms with Crippen LogP contribution in [0.1, 0.15) is 31.7 Å². The predicted molar refractivity (Wildman–Crippen MR) is 86.9 cm³/mol. The fourth-order valence-electron chi connectivity index (χ4n) is 2.18. The Kier molecular flexibility index (Phi) is 7.97. The number of hydrogen-bond acceptors (Lipinski definition) is 5. The lowest BCUT2D eigenvalue weighted by atomic mass is 10.00. The summed E-state index contributed by atoms with van der Waals surface area (Å²) >= 11 is 0. The van der Waals surface area contributed by atoms with E-state index in [1.165, 1.54) is 6.92 Å². The molecule has 0 aliphatic rings. The lowest BCUT2D eigenvalue weighted by Gasteiger charge is -2.12. The van der Waals surface area contributed by atoms with Crippen LogP contribution in [-0.2, 0) is 20.8 Å². The molecule has 6 heteroatoms. The first kappa shape index (κ1) is 18.8. The number of aromatic hydroxyl groups is 1. The van der Waals surface area contributed by atoms with Crippen LogP contribution in [0.4, 0.5) is 0 Å². The summed E-state index contributed by atoms with van der Waals surface area (Å²) in [5, 5.41) is 12.0. The standard InChI is InChI=1S/C17H24N2O4/c1-12(21)14(11-20)4-2-3-9-19-17(23)16(18)10-13-5-7-15(22)8-6-13/h5-8,11,14,16,22H,2-4,9-10,18H2,1H3,(H,19,23)/t14?,16-/m0/s1. The van der Waals surface area contributed by atoms with Crippen molar-refractivity contribution in [2.75, 3.05) is 6.54 Å². The molecule has 6 nitrogen and oxygen atoms in total. The number of phenolic OH excluding ortho intramolecular Hbond substituents is 1. The fourth-order valence-corrected chi connectivity index (χ4v) is 2.18. The van der Waals surface area contributed by atoms with Crippen molar-refractivity contribution in [3.8, 4) is 5.75 Å². The molecule has 1 rings (SSSR count). The van der Waals surface area contributed by atoms with E-state index in [2.05, 4.69) is 5.32 Å². The van der Waals surface area contributed by atoms with E-state index in [0.29, 0.717) is 38.5 Å². The highest BCUT2D eigenvalue weighted by Gasteiger charge is 2.14. The SMILES string of the molecule is CC(=O)C(C=O)CCCCNC(=O)[C@@H](N)Cc1ccc(O)cc1. The zero-order valence-corrected chi connectivity index (χ0v) is 13.3. The monoisotopic (exact) mass is 320 g/mol. The van der Waals surface area contributed by atoms with E-state index in [1.54, 1.807) is 24.3 Å². The number of amides is 1. The Labute approximate surface area is 136 Å². The average Bonchev–Trinajstić information content (AvgIpc) is 2.52. The van der Waals surface area contributed by atoms with Gasteiger partial charge in [0, 0.05) is 6.54 Å². The minimum atomic E-state index is -0.653. The van der Waals surface area contributed by atoms with E-state index < -0.39 is 12.0 Å². The van der Waals surface area contributed by atoms with Crippen molar-refractivity contribution < 1.29 is 19.5 Å². The van der Waals surface area contributed by atoms with Gasteiger partial charge in [-0.15, -0.1) is 0 Å². The number of ketones is 1. The molecule has 0 spiro atoms. The molecule has 23 heavy (non-hydrogen) atoms. The first-order valence-electron chi connectivity index (χ1n) is 7.71. The maximum absolute atomic E-state index is 11.9. The summed E-state index contributed by atoms with van der Waals surface area (Å²) in [6, 6.07) is 5.91. The minimum Gasteiger partial charge on any atom is -0.508 e. The van der Waals surface area contributed by atoms with Crippen LogP contribution in [0, 0.1) is 5.92 Å². The van der Waals surface area contributed by atoms with Crippen LogP contribution in [-0.4, -0.2) is 35.7 Å². The first-order chi connectivity index (χ1) is 10.9. The van der Waals surface area contributed by atoms with Crippen molar-refractivity contribution >= 4 is 18.0 Å². The minimum absolute atomic E-state index is 0.125. The molecule has 126 valence electrons. The summed E-state index contributed by atoms with van der Waals surface area (Å²) < 4.78 is 0. The fraction of sp³-hybridized carbons (Fsp3) is 0.471. The van der Waals surface area contributed by atoms with E-state index in [4.69, 9.17) is 5.73 Å². The number of Topliss-reactive ketones (excluding diaryl/α,β-unsaturated/α-hetero) is 1. The molecular weight excluding hydrogens is 296 g/mol. The van der Waals surface area contributed by atoms with E-state index in [0.717, 1.165) is 5.56 Å². The van der Waals surface area contributed by atoms with Gasteiger partial charge in [-0.25, -0.2) is 0 Å². The zero-order valence-electron chi connectivity index (χ0n) is 13.3. The maximum Gasteiger partial charge on any atom is 0.237 e. The van der Waals surface area contributed by atoms with Gasteiger partial charge >= 0.3 is 0 Å². The second-order valence-corrected chi connectivity index (χ2v) is 5.62. The topological polar surface area (TPSA) is 109 Å². The Morgan fingerprint density at radius 3 is 2.48 bits per heavy atom. The lowest BCUT2D eigenvalue weighted by molar-refractivity contribution is -0.126. The Morgan fingerprint density at radius 1 is 1.26 bits per heavy atom. The van der Waals surface area contributed by atoms with Crippen molar-refractivity contribution in [3.63, 3.8) is 0 Å². The van der Waals surface area contributed by atoms with E-state index in [9.17, 15) is 19.5 Å². The number of rotatable bonds is 10. The zero-order chi connectivity index (χ0) is 17.2. The van der Waals surface area contributed by atoms with Crippen LogP contribution in [0.3, 0.4) is 0 Å². The summed E-state index contributed by atoms with van der Waals surface area (Å²) in [7, 11) is 0. The number of aldehydes is 1. The molecule has 1 unspecified atom stereocenters. The third kappa shape index (κ3) is 7.06. The number of phenols is 1. The number of hydrogen-bond donors (Lipinski definition) is 3. The van der Waals surface area contributed by atoms with Crippen LogP contribution in [0.5, 0.6) is 5.75 Å². The second kappa shape index (κ2) is 9.74. The number of nitrogens with two attached hydrogens (primary N) is 1. The molecule has 4 N–H and O–H groups in total. The summed E-state index contributed by atoms with van der Waals surface area (Å²) in [6.07, 6.45) is 2.96. The van der Waals surface area contributed by atoms with Crippen molar-refractivity contribution in [2.24, 2.45) is 11.7 Å². The van der Waals surface area contributed by atoms with Gasteiger partial charge in [0.05, 0.1) is 12.0 Å². The highest BCUT2D eigenvalue weighted by Crippen LogP contribution is 2.11. The number of carbonyl (C=O) groups is 3. The molecule has 1 amide bonds. The van der Waals surface area contributed by atoms with Gasteiger partial charge in [-0.2, -0.15) is 0 Å². The number of unbranched alkanes of at least 4 members (excludes halogenated alkanes) is 1. The molecule has 0 fully saturated rings. The van der Waals surface area contributed by atoms with Crippen LogP contribution >= 0.6 is 0 Å². The van der Waals surface area contributed by atoms with Gasteiger partial charge in [0.25, 0.3) is 0 Å². The second-order valence-electron chi connectivity index (χ2n) is 5.62. The summed E-state index contributed by atoms with van der Waals surface area (Å²) in [5.41, 5.74) is 6.72. The van der Waals surface area contributed by atoms with Crippen molar-refractivity contribution in [3.05, 3.63) is 29.8 Å². The van der Waals surface area contributed by atoms with Crippen LogP contribution in [0.15, 0.2) is 24.3 Å². The van der Waals surface area contributed by atoms with E-state index in [-0.39, 0.29) is 17.4 Å². The van der Waals surface area contributed by atoms with Crippen LogP contribution in [0.2, 0.25) is 0 Å². The molecule has 0 saturated carbocycles. The third-order valence-electron chi connectivity index (χ3n) is 3.66. The summed E-state index contributed by atoms with van der Waals surface area (Å²) in [5.74, 6) is -0.732. The highest BCUT2D eigenvalue weighted by atomic mass is 16.3. The van der Waals surface area contributed by atoms with Crippen LogP contribution < -0.4 is 11.1 Å². The normalized spacial score (nSPS) is 13.1. The summed E-state index contributed by atoms with van der Waals surface area (Å²) in [6.45, 7) is 1.87. The third-order valence-corrected chi connectivity index (χ3v) is 3.66. The van der Waals surface area contributed by atoms with E-state index >= 15 is 0 Å². The van der Waals surface area contributed by atoms with Crippen molar-refractivity contribution in [1.29, 1.82) is 0 Å². The van der Waals surface area contributed by atoms with Gasteiger partial charge in [-0.1, -0.05) is 18.6 Å². The molecule has 1 aromatic rings. The number of carbonyl (C=O) groups excluding carboxylic acids is 3. The Bertz CT molecular complexity index is 528. The van der Waals surface area contributed by atoms with Gasteiger partial charge in [0.2, 0.25) is 5.91 Å². The molecule has 0 aromatic heterocycles.